The molecule has 1 saturated heterocycles. The summed E-state index contributed by atoms with van der Waals surface area (Å²) in [6.45, 7) is 6.64. The molecule has 1 aromatic carbocycles. The Kier molecular flexibility index (Phi) is 6.36. The van der Waals surface area contributed by atoms with Gasteiger partial charge in [0.25, 0.3) is 10.0 Å². The van der Waals surface area contributed by atoms with Gasteiger partial charge in [-0.15, -0.1) is 4.40 Å². The van der Waals surface area contributed by atoms with Crippen LogP contribution in [0.5, 0.6) is 5.75 Å². The summed E-state index contributed by atoms with van der Waals surface area (Å²) in [5.74, 6) is 1.01. The highest BCUT2D eigenvalue weighted by Gasteiger charge is 2.36. The molecule has 1 fully saturated rings. The van der Waals surface area contributed by atoms with Gasteiger partial charge >= 0.3 is 6.09 Å². The van der Waals surface area contributed by atoms with Crippen LogP contribution < -0.4 is 4.74 Å². The van der Waals surface area contributed by atoms with E-state index in [1.165, 1.54) is 17.2 Å². The summed E-state index contributed by atoms with van der Waals surface area (Å²) in [4.78, 5) is 16.2. The molecule has 0 spiro atoms. The lowest BCUT2D eigenvalue weighted by Gasteiger charge is -2.37. The Morgan fingerprint density at radius 3 is 2.50 bits per heavy atom. The number of allylic oxidation sites excluding steroid dienone is 1. The zero-order chi connectivity index (χ0) is 21.9. The minimum absolute atomic E-state index is 0.0951. The maximum Gasteiger partial charge on any atom is 0.419 e. The van der Waals surface area contributed by atoms with Crippen molar-refractivity contribution in [2.75, 3.05) is 13.6 Å². The minimum Gasteiger partial charge on any atom is -0.410 e. The van der Waals surface area contributed by atoms with E-state index in [1.807, 2.05) is 38.8 Å². The van der Waals surface area contributed by atoms with Crippen LogP contribution in [-0.4, -0.2) is 49.8 Å². The number of hydrogen-bond donors (Lipinski definition) is 0. The number of carbonyl (C=O) groups excluding carboxylic acids is 1. The standard InChI is InChI=1S/C22H29N3O4S/c1-22(2,3)19-16-18(30(27,28)23-20-12-8-9-14-24(20)4)13-15-25(19)21(26)29-17-10-6-5-7-11-17/h5-7,10-11,13,15-16,19H,8-9,12,14H2,1-4H3/b23-20-. The summed E-state index contributed by atoms with van der Waals surface area (Å²) < 4.78 is 35.5. The van der Waals surface area contributed by atoms with Crippen LogP contribution in [0.3, 0.4) is 0 Å². The maximum absolute atomic E-state index is 13.0. The lowest BCUT2D eigenvalue weighted by Crippen LogP contribution is -2.46. The second-order valence-electron chi connectivity index (χ2n) is 8.65. The summed E-state index contributed by atoms with van der Waals surface area (Å²) >= 11 is 0. The third-order valence-electron chi connectivity index (χ3n) is 5.18. The number of rotatable bonds is 3. The van der Waals surface area contributed by atoms with Crippen molar-refractivity contribution in [2.24, 2.45) is 9.81 Å². The van der Waals surface area contributed by atoms with Crippen LogP contribution in [0.2, 0.25) is 0 Å². The van der Waals surface area contributed by atoms with Crippen molar-refractivity contribution in [3.8, 4) is 5.75 Å². The minimum atomic E-state index is -3.88. The van der Waals surface area contributed by atoms with Crippen LogP contribution >= 0.6 is 0 Å². The number of para-hydroxylation sites is 1. The SMILES string of the molecule is CN1CCCC/C1=N/S(=O)(=O)C1=CC(C(C)(C)C)N(C(=O)Oc2ccccc2)C=C1. The monoisotopic (exact) mass is 431 g/mol. The summed E-state index contributed by atoms with van der Waals surface area (Å²) in [6, 6.07) is 8.28. The van der Waals surface area contributed by atoms with Gasteiger partial charge in [-0.05, 0) is 42.5 Å². The summed E-state index contributed by atoms with van der Waals surface area (Å²) in [7, 11) is -2.02. The van der Waals surface area contributed by atoms with E-state index in [4.69, 9.17) is 4.74 Å². The zero-order valence-electron chi connectivity index (χ0n) is 17.9. The van der Waals surface area contributed by atoms with E-state index in [-0.39, 0.29) is 4.91 Å². The van der Waals surface area contributed by atoms with Crippen LogP contribution in [0, 0.1) is 5.41 Å². The fourth-order valence-corrected chi connectivity index (χ4v) is 4.60. The Balaban J connectivity index is 1.87. The van der Waals surface area contributed by atoms with Crippen molar-refractivity contribution >= 4 is 22.0 Å². The molecule has 1 unspecified atom stereocenters. The molecule has 162 valence electrons. The Labute approximate surface area is 178 Å². The molecule has 0 bridgehead atoms. The molecular weight excluding hydrogens is 402 g/mol. The maximum atomic E-state index is 13.0. The zero-order valence-corrected chi connectivity index (χ0v) is 18.7. The Bertz CT molecular complexity index is 975. The van der Waals surface area contributed by atoms with Crippen LogP contribution in [0.4, 0.5) is 4.79 Å². The van der Waals surface area contributed by atoms with Gasteiger partial charge in [0.1, 0.15) is 11.6 Å². The third-order valence-corrected chi connectivity index (χ3v) is 6.49. The van der Waals surface area contributed by atoms with Gasteiger partial charge in [0.15, 0.2) is 0 Å². The number of benzene rings is 1. The second-order valence-corrected chi connectivity index (χ2v) is 10.2. The van der Waals surface area contributed by atoms with Crippen LogP contribution in [-0.2, 0) is 10.0 Å². The van der Waals surface area contributed by atoms with E-state index in [0.717, 1.165) is 19.4 Å². The number of hydrogen-bond acceptors (Lipinski definition) is 4. The van der Waals surface area contributed by atoms with Crippen LogP contribution in [0.15, 0.2) is 58.0 Å². The molecule has 2 aliphatic heterocycles. The average molecular weight is 432 g/mol. The van der Waals surface area contributed by atoms with Crippen LogP contribution in [0.25, 0.3) is 0 Å². The summed E-state index contributed by atoms with van der Waals surface area (Å²) in [6.07, 6.45) is 6.51. The molecule has 8 heteroatoms. The number of ether oxygens (including phenoxy) is 1. The van der Waals surface area contributed by atoms with Crippen LogP contribution in [0.1, 0.15) is 40.0 Å². The summed E-state index contributed by atoms with van der Waals surface area (Å²) in [5.41, 5.74) is -0.421. The fourth-order valence-electron chi connectivity index (χ4n) is 3.45. The lowest BCUT2D eigenvalue weighted by atomic mass is 9.85. The molecule has 7 nitrogen and oxygen atoms in total. The van der Waals surface area contributed by atoms with E-state index in [1.54, 1.807) is 30.3 Å². The quantitative estimate of drug-likeness (QED) is 0.718. The van der Waals surface area contributed by atoms with E-state index in [9.17, 15) is 13.2 Å². The Morgan fingerprint density at radius 2 is 1.87 bits per heavy atom. The van der Waals surface area contributed by atoms with Gasteiger partial charge in [0, 0.05) is 26.2 Å². The molecular formula is C22H29N3O4S. The molecule has 30 heavy (non-hydrogen) atoms. The molecule has 0 aliphatic carbocycles. The molecule has 1 amide bonds. The number of sulfonamides is 1. The third kappa shape index (κ3) is 5.11. The molecule has 3 rings (SSSR count). The smallest absolute Gasteiger partial charge is 0.410 e. The van der Waals surface area contributed by atoms with E-state index < -0.39 is 27.6 Å². The van der Waals surface area contributed by atoms with Gasteiger partial charge in [-0.1, -0.05) is 39.0 Å². The predicted octanol–water partition coefficient (Wildman–Crippen LogP) is 4.16. The molecule has 1 atom stereocenters. The first-order chi connectivity index (χ1) is 14.1. The number of carbonyl (C=O) groups is 1. The number of amidine groups is 1. The van der Waals surface area contributed by atoms with Gasteiger partial charge in [-0.2, -0.15) is 8.42 Å². The number of piperidine rings is 1. The molecule has 2 aliphatic rings. The Hall–Kier alpha value is -2.61. The Morgan fingerprint density at radius 1 is 1.17 bits per heavy atom. The first kappa shape index (κ1) is 22.1. The van der Waals surface area contributed by atoms with Gasteiger partial charge in [-0.3, -0.25) is 4.90 Å². The molecule has 0 aromatic heterocycles. The highest BCUT2D eigenvalue weighted by molar-refractivity contribution is 7.94. The van der Waals surface area contributed by atoms with Crippen molar-refractivity contribution in [3.63, 3.8) is 0 Å². The molecule has 0 radical (unpaired) electrons. The van der Waals surface area contributed by atoms with Crippen molar-refractivity contribution in [3.05, 3.63) is 53.6 Å². The topological polar surface area (TPSA) is 79.3 Å². The van der Waals surface area contributed by atoms with E-state index in [0.29, 0.717) is 18.0 Å². The van der Waals surface area contributed by atoms with Crippen molar-refractivity contribution in [1.82, 2.24) is 9.80 Å². The van der Waals surface area contributed by atoms with Gasteiger partial charge in [0.2, 0.25) is 0 Å². The fraction of sp³-hybridized carbons (Fsp3) is 0.455. The molecule has 2 heterocycles. The second kappa shape index (κ2) is 8.63. The van der Waals surface area contributed by atoms with E-state index >= 15 is 0 Å². The summed E-state index contributed by atoms with van der Waals surface area (Å²) in [5, 5.41) is 0. The van der Waals surface area contributed by atoms with E-state index in [2.05, 4.69) is 4.40 Å². The highest BCUT2D eigenvalue weighted by atomic mass is 32.2. The van der Waals surface area contributed by atoms with Gasteiger partial charge in [-0.25, -0.2) is 4.79 Å². The predicted molar refractivity (Wildman–Crippen MR) is 118 cm³/mol. The molecule has 1 aromatic rings. The van der Waals surface area contributed by atoms with Crippen molar-refractivity contribution < 1.29 is 17.9 Å². The average Bonchev–Trinajstić information content (AvgIpc) is 2.69. The normalized spacial score (nSPS) is 21.5. The molecule has 0 saturated carbocycles. The van der Waals surface area contributed by atoms with Gasteiger partial charge in [0.05, 0.1) is 10.9 Å². The molecule has 0 N–H and O–H groups in total. The van der Waals surface area contributed by atoms with Crippen molar-refractivity contribution in [2.45, 2.75) is 46.1 Å². The number of nitrogens with zero attached hydrogens (tertiary/aromatic N) is 3. The van der Waals surface area contributed by atoms with Gasteiger partial charge < -0.3 is 9.64 Å². The first-order valence-corrected chi connectivity index (χ1v) is 11.5. The lowest BCUT2D eigenvalue weighted by molar-refractivity contribution is 0.133. The first-order valence-electron chi connectivity index (χ1n) is 10.1. The number of amides is 1. The largest absolute Gasteiger partial charge is 0.419 e. The van der Waals surface area contributed by atoms with Crippen molar-refractivity contribution in [1.29, 1.82) is 0 Å². The highest BCUT2D eigenvalue weighted by Crippen LogP contribution is 2.32. The number of likely N-dealkylation sites (tertiary alicyclic amines) is 1.